The Morgan fingerprint density at radius 1 is 1.04 bits per heavy atom. The molecule has 0 bridgehead atoms. The van der Waals surface area contributed by atoms with Gasteiger partial charge < -0.3 is 25.2 Å². The average Bonchev–Trinajstić information content (AvgIpc) is 3.03. The highest BCUT2D eigenvalue weighted by Gasteiger charge is 2.42. The van der Waals surface area contributed by atoms with Gasteiger partial charge in [0.25, 0.3) is 0 Å². The van der Waals surface area contributed by atoms with Crippen LogP contribution in [0, 0.1) is 11.8 Å². The lowest BCUT2D eigenvalue weighted by atomic mass is 9.94. The Morgan fingerprint density at radius 2 is 1.81 bits per heavy atom. The molecule has 0 radical (unpaired) electrons. The fourth-order valence-electron chi connectivity index (χ4n) is 3.71. The molecule has 4 N–H and O–H groups in total. The van der Waals surface area contributed by atoms with E-state index in [0.29, 0.717) is 0 Å². The van der Waals surface area contributed by atoms with Crippen LogP contribution in [0.1, 0.15) is 16.7 Å². The molecule has 0 aromatic heterocycles. The number of ether oxygens (including phenoxy) is 1. The van der Waals surface area contributed by atoms with Crippen LogP contribution in [-0.4, -0.2) is 57.6 Å². The first kappa shape index (κ1) is 18.6. The van der Waals surface area contributed by atoms with Gasteiger partial charge in [0.15, 0.2) is 0 Å². The zero-order valence-electron chi connectivity index (χ0n) is 14.3. The van der Waals surface area contributed by atoms with E-state index in [-0.39, 0.29) is 0 Å². The van der Waals surface area contributed by atoms with Gasteiger partial charge in [0.1, 0.15) is 30.5 Å². The van der Waals surface area contributed by atoms with Gasteiger partial charge >= 0.3 is 0 Å². The number of hydrogen-bond donors (Lipinski definition) is 4. The fourth-order valence-corrected chi connectivity index (χ4v) is 4.22. The Hall–Kier alpha value is -1.72. The molecule has 2 aromatic rings. The lowest BCUT2D eigenvalue weighted by molar-refractivity contribution is -0.214. The van der Waals surface area contributed by atoms with Crippen LogP contribution in [0.15, 0.2) is 40.9 Å². The van der Waals surface area contributed by atoms with Crippen LogP contribution in [0.5, 0.6) is 0 Å². The fraction of sp³-hybridized carbons (Fsp3) is 0.333. The second-order valence-corrected chi connectivity index (χ2v) is 7.76. The van der Waals surface area contributed by atoms with Crippen molar-refractivity contribution in [3.05, 3.63) is 57.6 Å². The number of fused-ring (bicyclic) bond motifs is 3. The van der Waals surface area contributed by atoms with Crippen molar-refractivity contribution in [3.8, 4) is 23.0 Å². The van der Waals surface area contributed by atoms with Gasteiger partial charge in [-0.15, -0.1) is 0 Å². The van der Waals surface area contributed by atoms with Crippen molar-refractivity contribution in [1.82, 2.24) is 0 Å². The number of hydrogen-bond acceptors (Lipinski definition) is 5. The zero-order chi connectivity index (χ0) is 19.1. The molecule has 27 heavy (non-hydrogen) atoms. The molecular formula is C21H19BrO5. The number of rotatable bonds is 1. The molecule has 0 spiro atoms. The summed E-state index contributed by atoms with van der Waals surface area (Å²) in [6.45, 7) is -0.469. The van der Waals surface area contributed by atoms with Crippen molar-refractivity contribution in [1.29, 1.82) is 0 Å². The van der Waals surface area contributed by atoms with E-state index in [1.165, 1.54) is 11.1 Å². The maximum absolute atomic E-state index is 10.2. The van der Waals surface area contributed by atoms with Crippen LogP contribution in [0.2, 0.25) is 0 Å². The van der Waals surface area contributed by atoms with Gasteiger partial charge in [-0.3, -0.25) is 0 Å². The van der Waals surface area contributed by atoms with Crippen LogP contribution in [0.4, 0.5) is 0 Å². The van der Waals surface area contributed by atoms with Gasteiger partial charge in [-0.1, -0.05) is 52.0 Å². The lowest BCUT2D eigenvalue weighted by Crippen LogP contribution is -2.58. The minimum Gasteiger partial charge on any atom is -0.394 e. The molecule has 140 valence electrons. The van der Waals surface area contributed by atoms with E-state index < -0.39 is 37.1 Å². The Balaban J connectivity index is 1.72. The molecular weight excluding hydrogens is 412 g/mol. The SMILES string of the molecule is OCC1OC(C#Cc2cc(Br)cc3c2-c2ccccc2C3)C(O)C(O)C1O. The van der Waals surface area contributed by atoms with Crippen molar-refractivity contribution < 1.29 is 25.2 Å². The summed E-state index contributed by atoms with van der Waals surface area (Å²) in [6.07, 6.45) is -5.31. The molecule has 1 saturated heterocycles. The zero-order valence-corrected chi connectivity index (χ0v) is 15.9. The first-order valence-electron chi connectivity index (χ1n) is 8.72. The normalized spacial score (nSPS) is 28.9. The number of halogens is 1. The van der Waals surface area contributed by atoms with Crippen molar-refractivity contribution >= 4 is 15.9 Å². The Kier molecular flexibility index (Phi) is 5.08. The van der Waals surface area contributed by atoms with E-state index >= 15 is 0 Å². The summed E-state index contributed by atoms with van der Waals surface area (Å²) in [4.78, 5) is 0. The van der Waals surface area contributed by atoms with Crippen LogP contribution < -0.4 is 0 Å². The van der Waals surface area contributed by atoms with Crippen molar-refractivity contribution in [2.75, 3.05) is 6.61 Å². The summed E-state index contributed by atoms with van der Waals surface area (Å²) in [5.74, 6) is 5.93. The molecule has 1 fully saturated rings. The summed E-state index contributed by atoms with van der Waals surface area (Å²) in [5.41, 5.74) is 5.40. The van der Waals surface area contributed by atoms with Gasteiger partial charge in [0.2, 0.25) is 0 Å². The number of benzene rings is 2. The Morgan fingerprint density at radius 3 is 2.59 bits per heavy atom. The van der Waals surface area contributed by atoms with Crippen LogP contribution in [-0.2, 0) is 11.2 Å². The van der Waals surface area contributed by atoms with Gasteiger partial charge in [-0.2, -0.15) is 0 Å². The first-order valence-corrected chi connectivity index (χ1v) is 9.51. The molecule has 1 heterocycles. The van der Waals surface area contributed by atoms with Crippen LogP contribution in [0.25, 0.3) is 11.1 Å². The molecule has 6 heteroatoms. The minimum absolute atomic E-state index is 0.469. The van der Waals surface area contributed by atoms with Crippen molar-refractivity contribution in [3.63, 3.8) is 0 Å². The average molecular weight is 431 g/mol. The Labute approximate surface area is 165 Å². The summed E-state index contributed by atoms with van der Waals surface area (Å²) in [6, 6.07) is 12.2. The number of aliphatic hydroxyl groups excluding tert-OH is 4. The molecule has 5 nitrogen and oxygen atoms in total. The summed E-state index contributed by atoms with van der Waals surface area (Å²) < 4.78 is 6.39. The summed E-state index contributed by atoms with van der Waals surface area (Å²) in [7, 11) is 0. The molecule has 2 aliphatic rings. The smallest absolute Gasteiger partial charge is 0.147 e. The monoisotopic (exact) mass is 430 g/mol. The molecule has 4 rings (SSSR count). The molecule has 0 amide bonds. The van der Waals surface area contributed by atoms with E-state index in [2.05, 4.69) is 46.0 Å². The van der Waals surface area contributed by atoms with Crippen molar-refractivity contribution in [2.45, 2.75) is 36.9 Å². The predicted octanol–water partition coefficient (Wildman–Crippen LogP) is 1.21. The third-order valence-corrected chi connectivity index (χ3v) is 5.55. The van der Waals surface area contributed by atoms with Crippen molar-refractivity contribution in [2.24, 2.45) is 0 Å². The molecule has 5 unspecified atom stereocenters. The van der Waals surface area contributed by atoms with E-state index in [1.807, 2.05) is 18.2 Å². The molecule has 2 aromatic carbocycles. The summed E-state index contributed by atoms with van der Waals surface area (Å²) in [5, 5.41) is 39.3. The van der Waals surface area contributed by atoms with Crippen LogP contribution >= 0.6 is 15.9 Å². The largest absolute Gasteiger partial charge is 0.394 e. The standard InChI is InChI=1S/C21H19BrO5/c22-14-8-12(18-13(9-14)7-11-3-1-2-4-15(11)18)5-6-16-19(24)21(26)20(25)17(10-23)27-16/h1-4,8-9,16-17,19-21,23-26H,7,10H2. The third-order valence-electron chi connectivity index (χ3n) is 5.09. The first-order chi connectivity index (χ1) is 13.0. The second-order valence-electron chi connectivity index (χ2n) is 6.84. The summed E-state index contributed by atoms with van der Waals surface area (Å²) >= 11 is 3.52. The van der Waals surface area contributed by atoms with E-state index in [0.717, 1.165) is 27.6 Å². The quantitative estimate of drug-likeness (QED) is 0.435. The number of aliphatic hydroxyl groups is 4. The minimum atomic E-state index is -1.43. The van der Waals surface area contributed by atoms with E-state index in [1.54, 1.807) is 0 Å². The maximum atomic E-state index is 10.2. The molecule has 5 atom stereocenters. The lowest BCUT2D eigenvalue weighted by Gasteiger charge is -2.37. The topological polar surface area (TPSA) is 90.2 Å². The van der Waals surface area contributed by atoms with E-state index in [9.17, 15) is 20.4 Å². The van der Waals surface area contributed by atoms with E-state index in [4.69, 9.17) is 4.74 Å². The predicted molar refractivity (Wildman–Crippen MR) is 103 cm³/mol. The van der Waals surface area contributed by atoms with Gasteiger partial charge in [0.05, 0.1) is 6.61 Å². The van der Waals surface area contributed by atoms with Gasteiger partial charge in [-0.25, -0.2) is 0 Å². The maximum Gasteiger partial charge on any atom is 0.147 e. The third kappa shape index (κ3) is 3.32. The molecule has 1 aliphatic carbocycles. The second kappa shape index (κ2) is 7.36. The van der Waals surface area contributed by atoms with Crippen LogP contribution in [0.3, 0.4) is 0 Å². The van der Waals surface area contributed by atoms with Gasteiger partial charge in [0, 0.05) is 15.6 Å². The Bertz CT molecular complexity index is 930. The molecule has 0 saturated carbocycles. The molecule has 1 aliphatic heterocycles. The highest BCUT2D eigenvalue weighted by Crippen LogP contribution is 2.40. The van der Waals surface area contributed by atoms with Gasteiger partial charge in [-0.05, 0) is 35.2 Å². The highest BCUT2D eigenvalue weighted by molar-refractivity contribution is 9.10. The highest BCUT2D eigenvalue weighted by atomic mass is 79.9.